The molecule has 0 N–H and O–H groups in total. The minimum Gasteiger partial charge on any atom is -0.444 e. The zero-order valence-electron chi connectivity index (χ0n) is 11.9. The number of benzene rings is 1. The molecule has 0 saturated carbocycles. The topological polar surface area (TPSA) is 29.3 Å². The van der Waals surface area contributed by atoms with Gasteiger partial charge in [0.15, 0.2) is 12.2 Å². The molecule has 0 spiro atoms. The summed E-state index contributed by atoms with van der Waals surface area (Å²) >= 11 is 0. The molecule has 0 unspecified atom stereocenters. The van der Waals surface area contributed by atoms with Gasteiger partial charge in [0.25, 0.3) is 5.92 Å². The molecule has 8 heteroatoms. The second-order valence-electron chi connectivity index (χ2n) is 5.48. The van der Waals surface area contributed by atoms with Crippen LogP contribution < -0.4 is 4.90 Å². The van der Waals surface area contributed by atoms with Crippen LogP contribution in [0.15, 0.2) is 35.2 Å². The van der Waals surface area contributed by atoms with Crippen molar-refractivity contribution in [3.63, 3.8) is 0 Å². The molecular formula is C15H13F5N2O. The minimum atomic E-state index is -4.54. The molecule has 1 aromatic heterocycles. The molecule has 0 atom stereocenters. The van der Waals surface area contributed by atoms with Crippen molar-refractivity contribution in [3.8, 4) is 11.3 Å². The average molecular weight is 332 g/mol. The summed E-state index contributed by atoms with van der Waals surface area (Å²) in [4.78, 5) is 5.23. The first-order valence-corrected chi connectivity index (χ1v) is 6.99. The average Bonchev–Trinajstić information content (AvgIpc) is 3.00. The van der Waals surface area contributed by atoms with Crippen LogP contribution in [-0.2, 0) is 6.18 Å². The molecule has 0 bridgehead atoms. The van der Waals surface area contributed by atoms with Gasteiger partial charge >= 0.3 is 6.18 Å². The highest BCUT2D eigenvalue weighted by molar-refractivity contribution is 5.66. The molecule has 1 aromatic carbocycles. The molecule has 3 nitrogen and oxygen atoms in total. The van der Waals surface area contributed by atoms with Crippen LogP contribution in [0.3, 0.4) is 0 Å². The van der Waals surface area contributed by atoms with E-state index < -0.39 is 17.7 Å². The van der Waals surface area contributed by atoms with Crippen LogP contribution in [-0.4, -0.2) is 24.0 Å². The van der Waals surface area contributed by atoms with E-state index in [4.69, 9.17) is 4.42 Å². The van der Waals surface area contributed by atoms with Gasteiger partial charge in [0.05, 0.1) is 11.8 Å². The summed E-state index contributed by atoms with van der Waals surface area (Å²) < 4.78 is 70.8. The lowest BCUT2D eigenvalue weighted by Crippen LogP contribution is -2.39. The highest BCUT2D eigenvalue weighted by atomic mass is 19.4. The van der Waals surface area contributed by atoms with E-state index in [1.165, 1.54) is 17.2 Å². The fourth-order valence-corrected chi connectivity index (χ4v) is 2.55. The first-order valence-electron chi connectivity index (χ1n) is 6.99. The molecule has 2 aromatic rings. The normalized spacial score (nSPS) is 18.2. The van der Waals surface area contributed by atoms with Gasteiger partial charge in [-0.1, -0.05) is 0 Å². The Bertz CT molecular complexity index is 672. The maximum absolute atomic E-state index is 13.2. The summed E-state index contributed by atoms with van der Waals surface area (Å²) in [6, 6.07) is 3.44. The molecule has 2 heterocycles. The SMILES string of the molecule is FC1(F)CCN(c2cc(-c3cnco3)cc(C(F)(F)F)c2)CC1. The lowest BCUT2D eigenvalue weighted by molar-refractivity contribution is -0.137. The number of rotatable bonds is 2. The van der Waals surface area contributed by atoms with Crippen LogP contribution in [0, 0.1) is 0 Å². The summed E-state index contributed by atoms with van der Waals surface area (Å²) in [5.74, 6) is -2.56. The van der Waals surface area contributed by atoms with Gasteiger partial charge < -0.3 is 9.32 Å². The summed E-state index contributed by atoms with van der Waals surface area (Å²) in [6.45, 7) is 0.00824. The Morgan fingerprint density at radius 1 is 1.09 bits per heavy atom. The van der Waals surface area contributed by atoms with Gasteiger partial charge in [-0.3, -0.25) is 0 Å². The zero-order chi connectivity index (χ0) is 16.7. The molecule has 0 radical (unpaired) electrons. The van der Waals surface area contributed by atoms with Crippen molar-refractivity contribution in [2.75, 3.05) is 18.0 Å². The summed E-state index contributed by atoms with van der Waals surface area (Å²) in [6.07, 6.45) is -2.85. The summed E-state index contributed by atoms with van der Waals surface area (Å²) in [5.41, 5.74) is -0.384. The van der Waals surface area contributed by atoms with Crippen LogP contribution in [0.5, 0.6) is 0 Å². The highest BCUT2D eigenvalue weighted by Crippen LogP contribution is 2.37. The number of nitrogens with zero attached hydrogens (tertiary/aromatic N) is 2. The Hall–Kier alpha value is -2.12. The quantitative estimate of drug-likeness (QED) is 0.753. The van der Waals surface area contributed by atoms with E-state index in [-0.39, 0.29) is 42.9 Å². The predicted molar refractivity (Wildman–Crippen MR) is 73.3 cm³/mol. The number of hydrogen-bond acceptors (Lipinski definition) is 3. The maximum Gasteiger partial charge on any atom is 0.416 e. The van der Waals surface area contributed by atoms with Gasteiger partial charge in [0.2, 0.25) is 0 Å². The van der Waals surface area contributed by atoms with Crippen LogP contribution in [0.25, 0.3) is 11.3 Å². The van der Waals surface area contributed by atoms with E-state index in [0.717, 1.165) is 18.5 Å². The minimum absolute atomic E-state index is 0.00412. The van der Waals surface area contributed by atoms with Crippen LogP contribution in [0.4, 0.5) is 27.6 Å². The fraction of sp³-hybridized carbons (Fsp3) is 0.400. The van der Waals surface area contributed by atoms with Crippen molar-refractivity contribution in [1.82, 2.24) is 4.98 Å². The second kappa shape index (κ2) is 5.50. The smallest absolute Gasteiger partial charge is 0.416 e. The predicted octanol–water partition coefficient (Wildman–Crippen LogP) is 4.60. The number of aromatic nitrogens is 1. The maximum atomic E-state index is 13.2. The third-order valence-corrected chi connectivity index (χ3v) is 3.82. The van der Waals surface area contributed by atoms with Crippen molar-refractivity contribution in [1.29, 1.82) is 0 Å². The monoisotopic (exact) mass is 332 g/mol. The first-order chi connectivity index (χ1) is 10.7. The Balaban J connectivity index is 1.98. The van der Waals surface area contributed by atoms with Gasteiger partial charge in [0.1, 0.15) is 0 Å². The number of halogens is 5. The first kappa shape index (κ1) is 15.8. The van der Waals surface area contributed by atoms with Gasteiger partial charge in [0, 0.05) is 37.2 Å². The Morgan fingerprint density at radius 3 is 2.35 bits per heavy atom. The molecule has 1 aliphatic heterocycles. The lowest BCUT2D eigenvalue weighted by atomic mass is 10.0. The molecule has 23 heavy (non-hydrogen) atoms. The molecule has 3 rings (SSSR count). The van der Waals surface area contributed by atoms with Gasteiger partial charge in [-0.05, 0) is 18.2 Å². The molecule has 1 saturated heterocycles. The number of piperidine rings is 1. The summed E-state index contributed by atoms with van der Waals surface area (Å²) in [5, 5.41) is 0. The Morgan fingerprint density at radius 2 is 1.78 bits per heavy atom. The molecule has 1 aliphatic rings. The largest absolute Gasteiger partial charge is 0.444 e. The van der Waals surface area contributed by atoms with E-state index in [1.54, 1.807) is 0 Å². The van der Waals surface area contributed by atoms with E-state index in [0.29, 0.717) is 0 Å². The van der Waals surface area contributed by atoms with Crippen molar-refractivity contribution < 1.29 is 26.4 Å². The van der Waals surface area contributed by atoms with Crippen molar-refractivity contribution in [2.45, 2.75) is 24.9 Å². The Kier molecular flexibility index (Phi) is 3.77. The van der Waals surface area contributed by atoms with Crippen LogP contribution >= 0.6 is 0 Å². The van der Waals surface area contributed by atoms with E-state index >= 15 is 0 Å². The van der Waals surface area contributed by atoms with Crippen molar-refractivity contribution in [3.05, 3.63) is 36.4 Å². The second-order valence-corrected chi connectivity index (χ2v) is 5.48. The van der Waals surface area contributed by atoms with Crippen LogP contribution in [0.2, 0.25) is 0 Å². The van der Waals surface area contributed by atoms with Gasteiger partial charge in [-0.2, -0.15) is 13.2 Å². The fourth-order valence-electron chi connectivity index (χ4n) is 2.55. The molecule has 124 valence electrons. The van der Waals surface area contributed by atoms with Crippen molar-refractivity contribution >= 4 is 5.69 Å². The molecule has 0 aliphatic carbocycles. The van der Waals surface area contributed by atoms with Crippen LogP contribution in [0.1, 0.15) is 18.4 Å². The van der Waals surface area contributed by atoms with E-state index in [9.17, 15) is 22.0 Å². The number of anilines is 1. The number of oxazole rings is 1. The molecular weight excluding hydrogens is 319 g/mol. The third kappa shape index (κ3) is 3.46. The number of alkyl halides is 5. The van der Waals surface area contributed by atoms with E-state index in [2.05, 4.69) is 4.98 Å². The van der Waals surface area contributed by atoms with Gasteiger partial charge in [-0.15, -0.1) is 0 Å². The van der Waals surface area contributed by atoms with Crippen molar-refractivity contribution in [2.24, 2.45) is 0 Å². The number of hydrogen-bond donors (Lipinski definition) is 0. The lowest BCUT2D eigenvalue weighted by Gasteiger charge is -2.33. The third-order valence-electron chi connectivity index (χ3n) is 3.82. The molecule has 1 fully saturated rings. The zero-order valence-corrected chi connectivity index (χ0v) is 11.9. The Labute approximate surface area is 128 Å². The van der Waals surface area contributed by atoms with E-state index in [1.807, 2.05) is 0 Å². The summed E-state index contributed by atoms with van der Waals surface area (Å²) in [7, 11) is 0. The van der Waals surface area contributed by atoms with Gasteiger partial charge in [-0.25, -0.2) is 13.8 Å². The highest BCUT2D eigenvalue weighted by Gasteiger charge is 2.36. The standard InChI is InChI=1S/C15H13F5N2O/c16-14(17)1-3-22(4-2-14)12-6-10(13-8-21-9-23-13)5-11(7-12)15(18,19)20/h5-9H,1-4H2. The molecule has 0 amide bonds.